The van der Waals surface area contributed by atoms with Gasteiger partial charge in [-0.1, -0.05) is 0 Å². The molecule has 6 heteroatoms. The number of hydrogen-bond acceptors (Lipinski definition) is 4. The van der Waals surface area contributed by atoms with E-state index in [1.54, 1.807) is 30.2 Å². The lowest BCUT2D eigenvalue weighted by molar-refractivity contribution is -0.384. The third kappa shape index (κ3) is 3.88. The average molecular weight is 289 g/mol. The van der Waals surface area contributed by atoms with Crippen LogP contribution in [0.2, 0.25) is 0 Å². The summed E-state index contributed by atoms with van der Waals surface area (Å²) < 4.78 is 0. The molecule has 2 N–H and O–H groups in total. The molecule has 0 aliphatic heterocycles. The van der Waals surface area contributed by atoms with E-state index in [0.29, 0.717) is 12.5 Å². The minimum Gasteiger partial charge on any atom is -0.338 e. The second kappa shape index (κ2) is 6.49. The van der Waals surface area contributed by atoms with E-state index >= 15 is 0 Å². The molecule has 0 aromatic heterocycles. The lowest BCUT2D eigenvalue weighted by atomic mass is 10.1. The number of nitrogens with zero attached hydrogens (tertiary/aromatic N) is 2. The van der Waals surface area contributed by atoms with Crippen LogP contribution in [-0.4, -0.2) is 35.4 Å². The number of benzene rings is 1. The van der Waals surface area contributed by atoms with Crippen LogP contribution in [0.4, 0.5) is 5.69 Å². The first-order valence-electron chi connectivity index (χ1n) is 6.92. The highest BCUT2D eigenvalue weighted by molar-refractivity contribution is 5.91. The molecule has 0 spiro atoms. The second-order valence-electron chi connectivity index (χ2n) is 5.27. The molecule has 0 heterocycles. The zero-order valence-corrected chi connectivity index (χ0v) is 11.9. The Labute approximate surface area is 123 Å². The molecule has 1 saturated carbocycles. The number of carbonyl (C=O) groups is 1. The number of amides is 1. The molecule has 112 valence electrons. The molecular weight excluding hydrogens is 270 g/mol. The van der Waals surface area contributed by atoms with Crippen molar-refractivity contribution in [3.05, 3.63) is 46.0 Å². The van der Waals surface area contributed by atoms with Gasteiger partial charge in [0.05, 0.1) is 4.92 Å². The van der Waals surface area contributed by atoms with Gasteiger partial charge in [-0.2, -0.15) is 0 Å². The standard InChI is InChI=1S/C15H19N3O3/c1-17(14(10-16)12-5-6-12)15(19)9-4-11-2-7-13(8-3-11)18(20)21/h2-4,7-9,12,14H,5-6,10,16H2,1H3/b9-4+. The van der Waals surface area contributed by atoms with E-state index in [-0.39, 0.29) is 17.6 Å². The summed E-state index contributed by atoms with van der Waals surface area (Å²) in [5.41, 5.74) is 6.51. The van der Waals surface area contributed by atoms with Gasteiger partial charge in [0.25, 0.3) is 5.69 Å². The lowest BCUT2D eigenvalue weighted by Gasteiger charge is -2.25. The van der Waals surface area contributed by atoms with Crippen LogP contribution < -0.4 is 5.73 Å². The first kappa shape index (κ1) is 15.2. The number of nitro benzene ring substituents is 1. The third-order valence-electron chi connectivity index (χ3n) is 3.78. The summed E-state index contributed by atoms with van der Waals surface area (Å²) in [6.07, 6.45) is 5.40. The van der Waals surface area contributed by atoms with Crippen LogP contribution >= 0.6 is 0 Å². The third-order valence-corrected chi connectivity index (χ3v) is 3.78. The molecule has 1 amide bonds. The molecule has 1 aromatic rings. The van der Waals surface area contributed by atoms with E-state index in [4.69, 9.17) is 5.73 Å². The van der Waals surface area contributed by atoms with Crippen LogP contribution in [0.15, 0.2) is 30.3 Å². The van der Waals surface area contributed by atoms with Crippen molar-refractivity contribution < 1.29 is 9.72 Å². The van der Waals surface area contributed by atoms with Gasteiger partial charge in [0.2, 0.25) is 5.91 Å². The summed E-state index contributed by atoms with van der Waals surface area (Å²) in [5, 5.41) is 10.6. The molecule has 0 radical (unpaired) electrons. The van der Waals surface area contributed by atoms with Crippen molar-refractivity contribution in [3.63, 3.8) is 0 Å². The molecule has 1 unspecified atom stereocenters. The SMILES string of the molecule is CN(C(=O)/C=C/c1ccc([N+](=O)[O-])cc1)C(CN)C1CC1. The van der Waals surface area contributed by atoms with Crippen LogP contribution in [0.3, 0.4) is 0 Å². The second-order valence-corrected chi connectivity index (χ2v) is 5.27. The largest absolute Gasteiger partial charge is 0.338 e. The molecule has 1 aliphatic rings. The molecular formula is C15H19N3O3. The number of non-ortho nitro benzene ring substituents is 1. The first-order valence-corrected chi connectivity index (χ1v) is 6.92. The van der Waals surface area contributed by atoms with E-state index in [9.17, 15) is 14.9 Å². The fourth-order valence-corrected chi connectivity index (χ4v) is 2.30. The Morgan fingerprint density at radius 1 is 1.48 bits per heavy atom. The van der Waals surface area contributed by atoms with Crippen LogP contribution in [0.5, 0.6) is 0 Å². The predicted octanol–water partition coefficient (Wildman–Crippen LogP) is 1.80. The van der Waals surface area contributed by atoms with Crippen molar-refractivity contribution in [3.8, 4) is 0 Å². The molecule has 1 aliphatic carbocycles. The van der Waals surface area contributed by atoms with Gasteiger partial charge in [0, 0.05) is 37.8 Å². The molecule has 1 aromatic carbocycles. The van der Waals surface area contributed by atoms with E-state index in [1.807, 2.05) is 0 Å². The zero-order valence-electron chi connectivity index (χ0n) is 11.9. The number of likely N-dealkylation sites (N-methyl/N-ethyl adjacent to an activating group) is 1. The number of nitro groups is 1. The van der Waals surface area contributed by atoms with Gasteiger partial charge in [-0.3, -0.25) is 14.9 Å². The van der Waals surface area contributed by atoms with Gasteiger partial charge in [0.1, 0.15) is 0 Å². The van der Waals surface area contributed by atoms with Crippen molar-refractivity contribution >= 4 is 17.7 Å². The van der Waals surface area contributed by atoms with Gasteiger partial charge in [-0.15, -0.1) is 0 Å². The Balaban J connectivity index is 1.99. The van der Waals surface area contributed by atoms with E-state index in [0.717, 1.165) is 18.4 Å². The number of hydrogen-bond donors (Lipinski definition) is 1. The zero-order chi connectivity index (χ0) is 15.4. The summed E-state index contributed by atoms with van der Waals surface area (Å²) in [6.45, 7) is 0.471. The molecule has 21 heavy (non-hydrogen) atoms. The fourth-order valence-electron chi connectivity index (χ4n) is 2.30. The fraction of sp³-hybridized carbons (Fsp3) is 0.400. The lowest BCUT2D eigenvalue weighted by Crippen LogP contribution is -2.42. The maximum absolute atomic E-state index is 12.1. The van der Waals surface area contributed by atoms with E-state index in [2.05, 4.69) is 0 Å². The highest BCUT2D eigenvalue weighted by Crippen LogP contribution is 2.34. The summed E-state index contributed by atoms with van der Waals surface area (Å²) >= 11 is 0. The smallest absolute Gasteiger partial charge is 0.269 e. The van der Waals surface area contributed by atoms with Gasteiger partial charge >= 0.3 is 0 Å². The number of nitrogens with two attached hydrogens (primary N) is 1. The molecule has 0 saturated heterocycles. The van der Waals surface area contributed by atoms with Crippen molar-refractivity contribution in [1.29, 1.82) is 0 Å². The summed E-state index contributed by atoms with van der Waals surface area (Å²) in [5.74, 6) is 0.424. The quantitative estimate of drug-likeness (QED) is 0.491. The van der Waals surface area contributed by atoms with Gasteiger partial charge < -0.3 is 10.6 Å². The normalized spacial score (nSPS) is 15.9. The van der Waals surface area contributed by atoms with Gasteiger partial charge in [0.15, 0.2) is 0 Å². The van der Waals surface area contributed by atoms with E-state index in [1.165, 1.54) is 18.2 Å². The molecule has 1 atom stereocenters. The minimum absolute atomic E-state index is 0.0347. The summed E-state index contributed by atoms with van der Waals surface area (Å²) in [6, 6.07) is 6.16. The molecule has 2 rings (SSSR count). The van der Waals surface area contributed by atoms with Crippen LogP contribution in [0.25, 0.3) is 6.08 Å². The molecule has 1 fully saturated rings. The maximum atomic E-state index is 12.1. The summed E-state index contributed by atoms with van der Waals surface area (Å²) in [4.78, 5) is 23.9. The molecule has 0 bridgehead atoms. The Hall–Kier alpha value is -2.21. The van der Waals surface area contributed by atoms with Crippen molar-refractivity contribution in [2.24, 2.45) is 11.7 Å². The van der Waals surface area contributed by atoms with Crippen LogP contribution in [0.1, 0.15) is 18.4 Å². The average Bonchev–Trinajstić information content (AvgIpc) is 3.30. The first-order chi connectivity index (χ1) is 10.0. The Morgan fingerprint density at radius 3 is 2.57 bits per heavy atom. The monoisotopic (exact) mass is 289 g/mol. The highest BCUT2D eigenvalue weighted by atomic mass is 16.6. The Bertz CT molecular complexity index is 550. The summed E-state index contributed by atoms with van der Waals surface area (Å²) in [7, 11) is 1.76. The minimum atomic E-state index is -0.450. The van der Waals surface area contributed by atoms with Gasteiger partial charge in [-0.25, -0.2) is 0 Å². The van der Waals surface area contributed by atoms with Crippen molar-refractivity contribution in [2.45, 2.75) is 18.9 Å². The Kier molecular flexibility index (Phi) is 4.70. The van der Waals surface area contributed by atoms with Crippen molar-refractivity contribution in [2.75, 3.05) is 13.6 Å². The van der Waals surface area contributed by atoms with Gasteiger partial charge in [-0.05, 0) is 42.5 Å². The predicted molar refractivity (Wildman–Crippen MR) is 80.5 cm³/mol. The van der Waals surface area contributed by atoms with Crippen LogP contribution in [0, 0.1) is 16.0 Å². The number of rotatable bonds is 6. The molecule has 6 nitrogen and oxygen atoms in total. The van der Waals surface area contributed by atoms with Crippen LogP contribution in [-0.2, 0) is 4.79 Å². The topological polar surface area (TPSA) is 89.5 Å². The Morgan fingerprint density at radius 2 is 2.10 bits per heavy atom. The number of carbonyl (C=O) groups excluding carboxylic acids is 1. The maximum Gasteiger partial charge on any atom is 0.269 e. The highest BCUT2D eigenvalue weighted by Gasteiger charge is 2.34. The van der Waals surface area contributed by atoms with Crippen molar-refractivity contribution in [1.82, 2.24) is 4.90 Å². The van der Waals surface area contributed by atoms with E-state index < -0.39 is 4.92 Å².